The molecule has 2 heteroatoms. The first-order valence-electron chi connectivity index (χ1n) is 5.11. The number of unbranched alkanes of at least 4 members (excludes halogenated alkanes) is 2. The van der Waals surface area contributed by atoms with Gasteiger partial charge in [-0.1, -0.05) is 26.2 Å². The van der Waals surface area contributed by atoms with E-state index in [4.69, 9.17) is 9.84 Å². The molecule has 2 atom stereocenters. The van der Waals surface area contributed by atoms with Crippen LogP contribution in [0.2, 0.25) is 0 Å². The number of ether oxygens (including phenoxy) is 1. The highest BCUT2D eigenvalue weighted by Gasteiger charge is 2.26. The summed E-state index contributed by atoms with van der Waals surface area (Å²) in [6.07, 6.45) is 6.33. The average molecular weight is 172 g/mol. The highest BCUT2D eigenvalue weighted by Crippen LogP contribution is 2.24. The van der Waals surface area contributed by atoms with Crippen molar-refractivity contribution in [1.29, 1.82) is 0 Å². The van der Waals surface area contributed by atoms with E-state index in [-0.39, 0.29) is 0 Å². The van der Waals surface area contributed by atoms with Gasteiger partial charge in [-0.05, 0) is 12.8 Å². The number of rotatable bonds is 5. The van der Waals surface area contributed by atoms with E-state index in [2.05, 4.69) is 6.92 Å². The smallest absolute Gasteiger partial charge is 0.0626 e. The number of hydrogen-bond acceptors (Lipinski definition) is 2. The second-order valence-corrected chi connectivity index (χ2v) is 3.64. The molecule has 1 heterocycles. The van der Waals surface area contributed by atoms with Gasteiger partial charge in [0.15, 0.2) is 0 Å². The maximum absolute atomic E-state index is 9.01. The van der Waals surface area contributed by atoms with Crippen LogP contribution in [-0.4, -0.2) is 24.4 Å². The molecule has 1 N–H and O–H groups in total. The fraction of sp³-hybridized carbons (Fsp3) is 1.00. The van der Waals surface area contributed by atoms with E-state index in [0.29, 0.717) is 18.6 Å². The van der Waals surface area contributed by atoms with Gasteiger partial charge in [-0.2, -0.15) is 0 Å². The highest BCUT2D eigenvalue weighted by atomic mass is 16.5. The fourth-order valence-electron chi connectivity index (χ4n) is 1.82. The monoisotopic (exact) mass is 172 g/mol. The molecular formula is C10H20O2. The topological polar surface area (TPSA) is 29.5 Å². The summed E-state index contributed by atoms with van der Waals surface area (Å²) >= 11 is 0. The van der Waals surface area contributed by atoms with E-state index in [1.165, 1.54) is 19.3 Å². The third-order valence-corrected chi connectivity index (χ3v) is 2.67. The lowest BCUT2D eigenvalue weighted by Gasteiger charge is -2.15. The predicted molar refractivity (Wildman–Crippen MR) is 49.1 cm³/mol. The van der Waals surface area contributed by atoms with Crippen LogP contribution in [-0.2, 0) is 4.74 Å². The summed E-state index contributed by atoms with van der Waals surface area (Å²) in [7, 11) is 0. The van der Waals surface area contributed by atoms with E-state index < -0.39 is 0 Å². The summed E-state index contributed by atoms with van der Waals surface area (Å²) in [5.41, 5.74) is 0. The summed E-state index contributed by atoms with van der Waals surface area (Å²) in [5.74, 6) is 0.418. The Kier molecular flexibility index (Phi) is 4.62. The third kappa shape index (κ3) is 2.76. The van der Waals surface area contributed by atoms with Gasteiger partial charge in [0.2, 0.25) is 0 Å². The van der Waals surface area contributed by atoms with Gasteiger partial charge >= 0.3 is 0 Å². The quantitative estimate of drug-likeness (QED) is 0.642. The van der Waals surface area contributed by atoms with Gasteiger partial charge in [-0.25, -0.2) is 0 Å². The lowest BCUT2D eigenvalue weighted by molar-refractivity contribution is 0.0639. The van der Waals surface area contributed by atoms with E-state index >= 15 is 0 Å². The second-order valence-electron chi connectivity index (χ2n) is 3.64. The first-order chi connectivity index (χ1) is 5.88. The minimum Gasteiger partial charge on any atom is -0.396 e. The van der Waals surface area contributed by atoms with E-state index in [9.17, 15) is 0 Å². The molecule has 1 saturated heterocycles. The molecule has 2 nitrogen and oxygen atoms in total. The van der Waals surface area contributed by atoms with Crippen LogP contribution in [0.4, 0.5) is 0 Å². The van der Waals surface area contributed by atoms with Gasteiger partial charge in [0.25, 0.3) is 0 Å². The van der Waals surface area contributed by atoms with Crippen LogP contribution in [0.5, 0.6) is 0 Å². The Balaban J connectivity index is 2.12. The molecule has 0 aromatic carbocycles. The van der Waals surface area contributed by atoms with Crippen molar-refractivity contribution in [2.24, 2.45) is 5.92 Å². The molecule has 0 aromatic rings. The van der Waals surface area contributed by atoms with Crippen LogP contribution in [0.25, 0.3) is 0 Å². The van der Waals surface area contributed by atoms with Crippen molar-refractivity contribution < 1.29 is 9.84 Å². The van der Waals surface area contributed by atoms with Gasteiger partial charge in [0.1, 0.15) is 0 Å². The summed E-state index contributed by atoms with van der Waals surface area (Å²) in [6.45, 7) is 3.36. The molecule has 0 radical (unpaired) electrons. The van der Waals surface area contributed by atoms with Crippen LogP contribution in [0.15, 0.2) is 0 Å². The normalized spacial score (nSPS) is 29.5. The van der Waals surface area contributed by atoms with Crippen LogP contribution >= 0.6 is 0 Å². The lowest BCUT2D eigenvalue weighted by Crippen LogP contribution is -2.18. The lowest BCUT2D eigenvalue weighted by atomic mass is 9.98. The molecule has 1 aliphatic rings. The van der Waals surface area contributed by atoms with Crippen molar-refractivity contribution >= 4 is 0 Å². The predicted octanol–water partition coefficient (Wildman–Crippen LogP) is 1.96. The Morgan fingerprint density at radius 1 is 1.42 bits per heavy atom. The van der Waals surface area contributed by atoms with Gasteiger partial charge in [-0.3, -0.25) is 0 Å². The molecule has 0 aromatic heterocycles. The zero-order valence-corrected chi connectivity index (χ0v) is 7.96. The van der Waals surface area contributed by atoms with Gasteiger partial charge in [-0.15, -0.1) is 0 Å². The maximum atomic E-state index is 9.01. The van der Waals surface area contributed by atoms with Crippen LogP contribution < -0.4 is 0 Å². The van der Waals surface area contributed by atoms with Crippen molar-refractivity contribution in [2.75, 3.05) is 13.2 Å². The Labute approximate surface area is 74.9 Å². The maximum Gasteiger partial charge on any atom is 0.0626 e. The van der Waals surface area contributed by atoms with Crippen LogP contribution in [0.1, 0.15) is 39.0 Å². The molecule has 1 fully saturated rings. The van der Waals surface area contributed by atoms with Crippen molar-refractivity contribution in [3.8, 4) is 0 Å². The van der Waals surface area contributed by atoms with Crippen molar-refractivity contribution in [1.82, 2.24) is 0 Å². The average Bonchev–Trinajstić information content (AvgIpc) is 2.52. The number of aliphatic hydroxyl groups excluding tert-OH is 1. The second kappa shape index (κ2) is 5.55. The molecule has 1 aliphatic heterocycles. The largest absolute Gasteiger partial charge is 0.396 e. The molecule has 0 bridgehead atoms. The van der Waals surface area contributed by atoms with Crippen molar-refractivity contribution in [2.45, 2.75) is 45.1 Å². The Morgan fingerprint density at radius 2 is 2.25 bits per heavy atom. The van der Waals surface area contributed by atoms with Gasteiger partial charge in [0, 0.05) is 19.1 Å². The first-order valence-corrected chi connectivity index (χ1v) is 5.11. The van der Waals surface area contributed by atoms with Crippen LogP contribution in [0, 0.1) is 5.92 Å². The Morgan fingerprint density at radius 3 is 2.92 bits per heavy atom. The van der Waals surface area contributed by atoms with E-state index in [1.807, 2.05) is 0 Å². The molecule has 0 amide bonds. The van der Waals surface area contributed by atoms with E-state index in [0.717, 1.165) is 19.4 Å². The summed E-state index contributed by atoms with van der Waals surface area (Å²) in [5, 5.41) is 9.01. The molecule has 12 heavy (non-hydrogen) atoms. The SMILES string of the molecule is CCCCCC1OCCC1CO. The summed E-state index contributed by atoms with van der Waals surface area (Å²) in [4.78, 5) is 0. The van der Waals surface area contributed by atoms with Crippen molar-refractivity contribution in [3.63, 3.8) is 0 Å². The zero-order valence-electron chi connectivity index (χ0n) is 7.96. The fourth-order valence-corrected chi connectivity index (χ4v) is 1.82. The minimum atomic E-state index is 0.302. The summed E-state index contributed by atoms with van der Waals surface area (Å²) < 4.78 is 5.54. The summed E-state index contributed by atoms with van der Waals surface area (Å²) in [6, 6.07) is 0. The Hall–Kier alpha value is -0.0800. The third-order valence-electron chi connectivity index (χ3n) is 2.67. The molecule has 72 valence electrons. The number of aliphatic hydroxyl groups is 1. The minimum absolute atomic E-state index is 0.302. The molecular weight excluding hydrogens is 152 g/mol. The highest BCUT2D eigenvalue weighted by molar-refractivity contribution is 4.75. The Bertz CT molecular complexity index is 114. The van der Waals surface area contributed by atoms with Crippen LogP contribution in [0.3, 0.4) is 0 Å². The molecule has 2 unspecified atom stereocenters. The zero-order chi connectivity index (χ0) is 8.81. The van der Waals surface area contributed by atoms with Gasteiger partial charge in [0.05, 0.1) is 6.10 Å². The van der Waals surface area contributed by atoms with E-state index in [1.54, 1.807) is 0 Å². The molecule has 0 saturated carbocycles. The molecule has 1 rings (SSSR count). The molecule has 0 aliphatic carbocycles. The first kappa shape index (κ1) is 10.0. The standard InChI is InChI=1S/C10H20O2/c1-2-3-4-5-10-9(8-11)6-7-12-10/h9-11H,2-8H2,1H3. The van der Waals surface area contributed by atoms with Gasteiger partial charge < -0.3 is 9.84 Å². The molecule has 0 spiro atoms. The number of hydrogen-bond donors (Lipinski definition) is 1. The van der Waals surface area contributed by atoms with Crippen molar-refractivity contribution in [3.05, 3.63) is 0 Å².